The monoisotopic (exact) mass is 470 g/mol. The molecule has 2 aromatic rings. The lowest BCUT2D eigenvalue weighted by Gasteiger charge is -2.22. The quantitative estimate of drug-likeness (QED) is 0.382. The van der Waals surface area contributed by atoms with Crippen molar-refractivity contribution in [3.63, 3.8) is 0 Å². The molecule has 3 N–H and O–H groups in total. The van der Waals surface area contributed by atoms with Crippen LogP contribution in [0.15, 0.2) is 61.2 Å². The zero-order chi connectivity index (χ0) is 24.2. The van der Waals surface area contributed by atoms with Gasteiger partial charge < -0.3 is 10.6 Å². The minimum absolute atomic E-state index is 0.141. The number of benzene rings is 2. The molecule has 1 unspecified atom stereocenters. The van der Waals surface area contributed by atoms with Crippen molar-refractivity contribution in [2.24, 2.45) is 0 Å². The summed E-state index contributed by atoms with van der Waals surface area (Å²) >= 11 is 0. The van der Waals surface area contributed by atoms with Gasteiger partial charge in [0.2, 0.25) is 15.9 Å². The lowest BCUT2D eigenvalue weighted by Crippen LogP contribution is -2.42. The minimum atomic E-state index is -3.49. The predicted molar refractivity (Wildman–Crippen MR) is 125 cm³/mol. The maximum atomic E-state index is 13.0. The Bertz CT molecular complexity index is 1180. The second-order valence-electron chi connectivity index (χ2n) is 7.95. The zero-order valence-electron chi connectivity index (χ0n) is 18.4. The highest BCUT2D eigenvalue weighted by atomic mass is 32.2. The Kier molecular flexibility index (Phi) is 6.99. The van der Waals surface area contributed by atoms with Crippen LogP contribution in [0.5, 0.6) is 0 Å². The summed E-state index contributed by atoms with van der Waals surface area (Å²) in [7, 11) is -3.49. The number of hydrogen-bond acceptors (Lipinski definition) is 5. The first-order valence-electron chi connectivity index (χ1n) is 10.2. The molecule has 0 spiro atoms. The van der Waals surface area contributed by atoms with Crippen LogP contribution in [0, 0.1) is 6.92 Å². The van der Waals surface area contributed by atoms with Crippen molar-refractivity contribution in [2.75, 3.05) is 18.4 Å². The van der Waals surface area contributed by atoms with Crippen LogP contribution in [-0.2, 0) is 30.9 Å². The summed E-state index contributed by atoms with van der Waals surface area (Å²) in [6.07, 6.45) is 1.45. The number of nitrogens with one attached hydrogen (secondary N) is 3. The van der Waals surface area contributed by atoms with Gasteiger partial charge in [-0.1, -0.05) is 48.0 Å². The van der Waals surface area contributed by atoms with Gasteiger partial charge in [0.25, 0.3) is 5.91 Å². The van der Waals surface area contributed by atoms with Crippen LogP contribution in [-0.4, -0.2) is 44.3 Å². The first-order valence-corrected chi connectivity index (χ1v) is 11.9. The minimum Gasteiger partial charge on any atom is -0.325 e. The van der Waals surface area contributed by atoms with Crippen LogP contribution in [0.1, 0.15) is 23.6 Å². The lowest BCUT2D eigenvalue weighted by atomic mass is 9.91. The van der Waals surface area contributed by atoms with Crippen molar-refractivity contribution in [1.82, 2.24) is 14.9 Å². The zero-order valence-corrected chi connectivity index (χ0v) is 19.2. The number of amides is 4. The van der Waals surface area contributed by atoms with Crippen molar-refractivity contribution in [3.05, 3.63) is 77.9 Å². The fourth-order valence-electron chi connectivity index (χ4n) is 3.41. The predicted octanol–water partition coefficient (Wildman–Crippen LogP) is 2.01. The summed E-state index contributed by atoms with van der Waals surface area (Å²) in [4.78, 5) is 38.7. The Morgan fingerprint density at radius 1 is 1.12 bits per heavy atom. The second-order valence-corrected chi connectivity index (χ2v) is 9.76. The number of sulfonamides is 1. The molecule has 0 saturated carbocycles. The Morgan fingerprint density at radius 2 is 1.76 bits per heavy atom. The molecule has 4 amide bonds. The van der Waals surface area contributed by atoms with E-state index >= 15 is 0 Å². The molecular formula is C23H26N4O5S. The summed E-state index contributed by atoms with van der Waals surface area (Å²) in [6.45, 7) is 6.68. The molecule has 1 fully saturated rings. The van der Waals surface area contributed by atoms with Crippen LogP contribution in [0.3, 0.4) is 0 Å². The third-order valence-electron chi connectivity index (χ3n) is 5.25. The molecule has 9 nitrogen and oxygen atoms in total. The smallest absolute Gasteiger partial charge is 0.325 e. The van der Waals surface area contributed by atoms with Crippen LogP contribution in [0.25, 0.3) is 0 Å². The van der Waals surface area contributed by atoms with Crippen LogP contribution in [0.2, 0.25) is 0 Å². The molecule has 174 valence electrons. The molecule has 10 heteroatoms. The van der Waals surface area contributed by atoms with E-state index < -0.39 is 40.0 Å². The van der Waals surface area contributed by atoms with Crippen molar-refractivity contribution >= 4 is 33.6 Å². The van der Waals surface area contributed by atoms with E-state index in [1.807, 2.05) is 19.1 Å². The molecule has 1 aliphatic rings. The van der Waals surface area contributed by atoms with Gasteiger partial charge in [0.05, 0.1) is 5.75 Å². The molecule has 1 heterocycles. The average Bonchev–Trinajstić information content (AvgIpc) is 2.98. The fraction of sp³-hybridized carbons (Fsp3) is 0.261. The number of imide groups is 1. The van der Waals surface area contributed by atoms with Crippen molar-refractivity contribution in [1.29, 1.82) is 0 Å². The molecular weight excluding hydrogens is 444 g/mol. The standard InChI is InChI=1S/C23H26N4O5S/c1-4-13-24-33(31,32)15-17-7-11-19(12-8-17)25-20(28)14-27-21(29)23(3,26-22(27)30)18-9-5-16(2)6-10-18/h4-12,24H,1,13-15H2,2-3H3,(H,25,28)(H,26,30). The summed E-state index contributed by atoms with van der Waals surface area (Å²) in [5, 5.41) is 5.28. The number of carbonyl (C=O) groups is 3. The molecule has 1 atom stereocenters. The number of aryl methyl sites for hydroxylation is 1. The highest BCUT2D eigenvalue weighted by Gasteiger charge is 2.49. The van der Waals surface area contributed by atoms with Crippen LogP contribution < -0.4 is 15.4 Å². The Balaban J connectivity index is 1.62. The van der Waals surface area contributed by atoms with Gasteiger partial charge in [0.15, 0.2) is 0 Å². The highest BCUT2D eigenvalue weighted by Crippen LogP contribution is 2.29. The summed E-state index contributed by atoms with van der Waals surface area (Å²) in [5.74, 6) is -1.28. The largest absolute Gasteiger partial charge is 0.325 e. The number of urea groups is 1. The van der Waals surface area contributed by atoms with E-state index in [2.05, 4.69) is 21.9 Å². The van der Waals surface area contributed by atoms with Gasteiger partial charge in [0, 0.05) is 12.2 Å². The topological polar surface area (TPSA) is 125 Å². The van der Waals surface area contributed by atoms with Crippen molar-refractivity contribution in [2.45, 2.75) is 25.1 Å². The Morgan fingerprint density at radius 3 is 2.36 bits per heavy atom. The molecule has 1 saturated heterocycles. The van der Waals surface area contributed by atoms with Crippen molar-refractivity contribution in [3.8, 4) is 0 Å². The van der Waals surface area contributed by atoms with Gasteiger partial charge >= 0.3 is 6.03 Å². The Hall–Kier alpha value is -3.50. The number of anilines is 1. The van der Waals surface area contributed by atoms with E-state index in [0.717, 1.165) is 10.5 Å². The number of rotatable bonds is 9. The van der Waals surface area contributed by atoms with Gasteiger partial charge in [-0.05, 0) is 37.1 Å². The third kappa shape index (κ3) is 5.65. The average molecular weight is 471 g/mol. The molecule has 0 bridgehead atoms. The molecule has 3 rings (SSSR count). The second kappa shape index (κ2) is 9.55. The number of nitrogens with zero attached hydrogens (tertiary/aromatic N) is 1. The summed E-state index contributed by atoms with van der Waals surface area (Å²) in [6, 6.07) is 12.8. The molecule has 0 aliphatic carbocycles. The van der Waals surface area contributed by atoms with E-state index in [-0.39, 0.29) is 12.3 Å². The van der Waals surface area contributed by atoms with Gasteiger partial charge in [-0.2, -0.15) is 0 Å². The van der Waals surface area contributed by atoms with E-state index in [1.54, 1.807) is 43.3 Å². The molecule has 0 aromatic heterocycles. The molecule has 1 aliphatic heterocycles. The highest BCUT2D eigenvalue weighted by molar-refractivity contribution is 7.88. The van der Waals surface area contributed by atoms with E-state index in [4.69, 9.17) is 0 Å². The molecule has 0 radical (unpaired) electrons. The maximum absolute atomic E-state index is 13.0. The SMILES string of the molecule is C=CCNS(=O)(=O)Cc1ccc(NC(=O)CN2C(=O)NC(C)(c3ccc(C)cc3)C2=O)cc1. The van der Waals surface area contributed by atoms with Crippen LogP contribution in [0.4, 0.5) is 10.5 Å². The molecule has 2 aromatic carbocycles. The molecule has 33 heavy (non-hydrogen) atoms. The maximum Gasteiger partial charge on any atom is 0.325 e. The Labute approximate surface area is 192 Å². The van der Waals surface area contributed by atoms with E-state index in [9.17, 15) is 22.8 Å². The summed E-state index contributed by atoms with van der Waals surface area (Å²) in [5.41, 5.74) is 1.34. The van der Waals surface area contributed by atoms with Gasteiger partial charge in [-0.25, -0.2) is 17.9 Å². The van der Waals surface area contributed by atoms with Gasteiger partial charge in [-0.15, -0.1) is 6.58 Å². The van der Waals surface area contributed by atoms with Gasteiger partial charge in [-0.3, -0.25) is 14.5 Å². The van der Waals surface area contributed by atoms with Gasteiger partial charge in [0.1, 0.15) is 12.1 Å². The van der Waals surface area contributed by atoms with E-state index in [1.165, 1.54) is 6.08 Å². The normalized spacial score (nSPS) is 18.2. The lowest BCUT2D eigenvalue weighted by molar-refractivity contribution is -0.133. The summed E-state index contributed by atoms with van der Waals surface area (Å²) < 4.78 is 26.3. The first kappa shape index (κ1) is 24.1. The number of hydrogen-bond donors (Lipinski definition) is 3. The first-order chi connectivity index (χ1) is 15.5. The van der Waals surface area contributed by atoms with Crippen molar-refractivity contribution < 1.29 is 22.8 Å². The number of carbonyl (C=O) groups excluding carboxylic acids is 3. The third-order valence-corrected chi connectivity index (χ3v) is 6.57. The fourth-order valence-corrected chi connectivity index (χ4v) is 4.51. The van der Waals surface area contributed by atoms with E-state index in [0.29, 0.717) is 16.8 Å². The van der Waals surface area contributed by atoms with Crippen LogP contribution >= 0.6 is 0 Å².